The van der Waals surface area contributed by atoms with Crippen molar-refractivity contribution in [3.8, 4) is 5.88 Å². The van der Waals surface area contributed by atoms with E-state index >= 15 is 0 Å². The molecule has 4 nitrogen and oxygen atoms in total. The van der Waals surface area contributed by atoms with E-state index in [-0.39, 0.29) is 24.8 Å². The van der Waals surface area contributed by atoms with Crippen LogP contribution in [0, 0.1) is 0 Å². The second kappa shape index (κ2) is 9.37. The monoisotopic (exact) mass is 307 g/mol. The molecule has 1 N–H and O–H groups in total. The van der Waals surface area contributed by atoms with Crippen molar-refractivity contribution in [3.63, 3.8) is 0 Å². The van der Waals surface area contributed by atoms with Gasteiger partial charge in [0, 0.05) is 44.5 Å². The summed E-state index contributed by atoms with van der Waals surface area (Å²) in [5.41, 5.74) is 1.29. The summed E-state index contributed by atoms with van der Waals surface area (Å²) in [6, 6.07) is 4.55. The normalized spacial score (nSPS) is 16.9. The summed E-state index contributed by atoms with van der Waals surface area (Å²) in [7, 11) is 1.65. The summed E-state index contributed by atoms with van der Waals surface area (Å²) < 4.78 is 5.09. The van der Waals surface area contributed by atoms with E-state index in [1.165, 1.54) is 5.56 Å². The van der Waals surface area contributed by atoms with E-state index in [0.717, 1.165) is 32.6 Å². The molecule has 2 heterocycles. The van der Waals surface area contributed by atoms with Crippen LogP contribution in [0.25, 0.3) is 0 Å². The molecule has 1 saturated heterocycles. The minimum Gasteiger partial charge on any atom is -0.481 e. The van der Waals surface area contributed by atoms with Crippen LogP contribution in [0.5, 0.6) is 5.88 Å². The molecule has 0 unspecified atom stereocenters. The molecule has 1 atom stereocenters. The third kappa shape index (κ3) is 4.80. The highest BCUT2D eigenvalue weighted by Gasteiger charge is 2.20. The van der Waals surface area contributed by atoms with E-state index in [2.05, 4.69) is 28.2 Å². The molecule has 0 aromatic carbocycles. The number of nitrogens with one attached hydrogen (secondary N) is 1. The summed E-state index contributed by atoms with van der Waals surface area (Å²) in [6.45, 7) is 6.63. The third-order valence-corrected chi connectivity index (χ3v) is 3.33. The second-order valence-electron chi connectivity index (χ2n) is 4.34. The van der Waals surface area contributed by atoms with Crippen LogP contribution in [0.4, 0.5) is 0 Å². The quantitative estimate of drug-likeness (QED) is 0.926. The number of aromatic nitrogens is 1. The number of hydrogen-bond acceptors (Lipinski definition) is 4. The predicted octanol–water partition coefficient (Wildman–Crippen LogP) is 2.29. The van der Waals surface area contributed by atoms with Gasteiger partial charge in [-0.1, -0.05) is 13.0 Å². The van der Waals surface area contributed by atoms with Crippen LogP contribution in [0.3, 0.4) is 0 Å². The van der Waals surface area contributed by atoms with Crippen molar-refractivity contribution in [3.05, 3.63) is 23.9 Å². The largest absolute Gasteiger partial charge is 0.481 e. The molecular weight excluding hydrogens is 285 g/mol. The van der Waals surface area contributed by atoms with E-state index in [4.69, 9.17) is 4.74 Å². The maximum absolute atomic E-state index is 5.09. The van der Waals surface area contributed by atoms with Crippen LogP contribution in [0.15, 0.2) is 18.3 Å². The van der Waals surface area contributed by atoms with Gasteiger partial charge in [0.25, 0.3) is 0 Å². The number of nitrogens with zero attached hydrogens (tertiary/aromatic N) is 2. The van der Waals surface area contributed by atoms with Crippen molar-refractivity contribution in [2.75, 3.05) is 33.3 Å². The lowest BCUT2D eigenvalue weighted by molar-refractivity contribution is 0.169. The van der Waals surface area contributed by atoms with Gasteiger partial charge in [0.15, 0.2) is 0 Å². The summed E-state index contributed by atoms with van der Waals surface area (Å²) in [4.78, 5) is 6.82. The zero-order valence-electron chi connectivity index (χ0n) is 11.5. The Bertz CT molecular complexity index is 342. The molecular formula is C13H23Cl2N3O. The summed E-state index contributed by atoms with van der Waals surface area (Å²) >= 11 is 0. The Morgan fingerprint density at radius 3 is 2.47 bits per heavy atom. The minimum absolute atomic E-state index is 0. The smallest absolute Gasteiger partial charge is 0.212 e. The second-order valence-corrected chi connectivity index (χ2v) is 4.34. The number of methoxy groups -OCH3 is 1. The fourth-order valence-corrected chi connectivity index (χ4v) is 2.41. The molecule has 0 spiro atoms. The Morgan fingerprint density at radius 2 is 2.00 bits per heavy atom. The number of rotatable bonds is 4. The molecule has 0 radical (unpaired) electrons. The lowest BCUT2D eigenvalue weighted by atomic mass is 10.0. The first-order valence-corrected chi connectivity index (χ1v) is 6.30. The standard InChI is InChI=1S/C13H21N3O.2ClH/c1-3-12(16-8-6-14-7-9-16)11-4-5-13(17-2)15-10-11;;/h4-5,10,12,14H,3,6-9H2,1-2H3;2*1H/t12-;;/m0../s1. The first-order chi connectivity index (χ1) is 8.35. The first-order valence-electron chi connectivity index (χ1n) is 6.30. The van der Waals surface area contributed by atoms with E-state index in [1.54, 1.807) is 7.11 Å². The number of hydrogen-bond donors (Lipinski definition) is 1. The molecule has 1 aromatic heterocycles. The van der Waals surface area contributed by atoms with Crippen LogP contribution in [0.2, 0.25) is 0 Å². The van der Waals surface area contributed by atoms with E-state index in [1.807, 2.05) is 12.3 Å². The molecule has 19 heavy (non-hydrogen) atoms. The Morgan fingerprint density at radius 1 is 1.32 bits per heavy atom. The van der Waals surface area contributed by atoms with E-state index in [9.17, 15) is 0 Å². The molecule has 2 rings (SSSR count). The van der Waals surface area contributed by atoms with Crippen molar-refractivity contribution in [2.45, 2.75) is 19.4 Å². The van der Waals surface area contributed by atoms with Crippen LogP contribution >= 0.6 is 24.8 Å². The first kappa shape index (κ1) is 18.4. The molecule has 1 fully saturated rings. The molecule has 0 aliphatic carbocycles. The van der Waals surface area contributed by atoms with Crippen molar-refractivity contribution in [1.29, 1.82) is 0 Å². The molecule has 0 amide bonds. The summed E-state index contributed by atoms with van der Waals surface area (Å²) in [5.74, 6) is 0.684. The maximum atomic E-state index is 5.09. The van der Waals surface area contributed by atoms with Crippen molar-refractivity contribution >= 4 is 24.8 Å². The topological polar surface area (TPSA) is 37.4 Å². The Labute approximate surface area is 127 Å². The molecule has 110 valence electrons. The summed E-state index contributed by atoms with van der Waals surface area (Å²) in [5, 5.41) is 3.39. The lowest BCUT2D eigenvalue weighted by Crippen LogP contribution is -2.45. The minimum atomic E-state index is 0. The molecule has 0 bridgehead atoms. The fourth-order valence-electron chi connectivity index (χ4n) is 2.41. The van der Waals surface area contributed by atoms with E-state index in [0.29, 0.717) is 11.9 Å². The highest BCUT2D eigenvalue weighted by molar-refractivity contribution is 5.85. The highest BCUT2D eigenvalue weighted by Crippen LogP contribution is 2.24. The van der Waals surface area contributed by atoms with Crippen molar-refractivity contribution < 1.29 is 4.74 Å². The average molecular weight is 308 g/mol. The van der Waals surface area contributed by atoms with Crippen LogP contribution in [0.1, 0.15) is 24.9 Å². The number of halogens is 2. The number of ether oxygens (including phenoxy) is 1. The van der Waals surface area contributed by atoms with Gasteiger partial charge in [0.05, 0.1) is 7.11 Å². The van der Waals surface area contributed by atoms with Crippen molar-refractivity contribution in [1.82, 2.24) is 15.2 Å². The number of piperazine rings is 1. The molecule has 6 heteroatoms. The Kier molecular flexibility index (Phi) is 9.10. The van der Waals surface area contributed by atoms with Gasteiger partial charge in [-0.05, 0) is 12.0 Å². The Balaban J connectivity index is 0.00000162. The van der Waals surface area contributed by atoms with Gasteiger partial charge in [-0.25, -0.2) is 4.98 Å². The third-order valence-electron chi connectivity index (χ3n) is 3.33. The van der Waals surface area contributed by atoms with Gasteiger partial charge in [-0.2, -0.15) is 0 Å². The SMILES string of the molecule is CC[C@@H](c1ccc(OC)nc1)N1CCNCC1.Cl.Cl. The summed E-state index contributed by atoms with van der Waals surface area (Å²) in [6.07, 6.45) is 3.06. The zero-order valence-corrected chi connectivity index (χ0v) is 13.1. The number of pyridine rings is 1. The maximum Gasteiger partial charge on any atom is 0.212 e. The van der Waals surface area contributed by atoms with Gasteiger partial charge in [0.1, 0.15) is 0 Å². The molecule has 0 saturated carbocycles. The fraction of sp³-hybridized carbons (Fsp3) is 0.615. The van der Waals surface area contributed by atoms with Crippen LogP contribution in [-0.2, 0) is 0 Å². The van der Waals surface area contributed by atoms with Gasteiger partial charge >= 0.3 is 0 Å². The predicted molar refractivity (Wildman–Crippen MR) is 82.8 cm³/mol. The van der Waals surface area contributed by atoms with Crippen LogP contribution in [-0.4, -0.2) is 43.2 Å². The lowest BCUT2D eigenvalue weighted by Gasteiger charge is -2.34. The molecule has 1 aromatic rings. The molecule has 1 aliphatic rings. The van der Waals surface area contributed by atoms with Crippen LogP contribution < -0.4 is 10.1 Å². The zero-order chi connectivity index (χ0) is 12.1. The van der Waals surface area contributed by atoms with Gasteiger partial charge in [-0.15, -0.1) is 24.8 Å². The Hall–Kier alpha value is -0.550. The van der Waals surface area contributed by atoms with Gasteiger partial charge in [0.2, 0.25) is 5.88 Å². The van der Waals surface area contributed by atoms with Gasteiger partial charge in [-0.3, -0.25) is 4.90 Å². The highest BCUT2D eigenvalue weighted by atomic mass is 35.5. The molecule has 1 aliphatic heterocycles. The average Bonchev–Trinajstić information content (AvgIpc) is 2.42. The van der Waals surface area contributed by atoms with Gasteiger partial charge < -0.3 is 10.1 Å². The van der Waals surface area contributed by atoms with Crippen molar-refractivity contribution in [2.24, 2.45) is 0 Å². The van der Waals surface area contributed by atoms with E-state index < -0.39 is 0 Å².